The lowest BCUT2D eigenvalue weighted by Crippen LogP contribution is -2.33. The number of rotatable bonds is 6. The van der Waals surface area contributed by atoms with Crippen LogP contribution < -0.4 is 5.32 Å². The highest BCUT2D eigenvalue weighted by atomic mass is 32.1. The Morgan fingerprint density at radius 2 is 1.91 bits per heavy atom. The molecule has 0 aliphatic heterocycles. The summed E-state index contributed by atoms with van der Waals surface area (Å²) < 4.78 is 0. The second kappa shape index (κ2) is 7.95. The summed E-state index contributed by atoms with van der Waals surface area (Å²) in [4.78, 5) is 27.9. The van der Waals surface area contributed by atoms with Gasteiger partial charge in [-0.1, -0.05) is 20.8 Å². The van der Waals surface area contributed by atoms with E-state index in [4.69, 9.17) is 0 Å². The largest absolute Gasteiger partial charge is 0.339 e. The van der Waals surface area contributed by atoms with E-state index in [0.29, 0.717) is 5.92 Å². The lowest BCUT2D eigenvalue weighted by atomic mass is 9.88. The van der Waals surface area contributed by atoms with Crippen molar-refractivity contribution in [3.63, 3.8) is 0 Å². The third-order valence-electron chi connectivity index (χ3n) is 4.29. The van der Waals surface area contributed by atoms with Crippen LogP contribution in [0.1, 0.15) is 67.8 Å². The van der Waals surface area contributed by atoms with E-state index in [-0.39, 0.29) is 11.8 Å². The molecule has 23 heavy (non-hydrogen) atoms. The van der Waals surface area contributed by atoms with E-state index >= 15 is 0 Å². The zero-order chi connectivity index (χ0) is 17.0. The zero-order valence-corrected chi connectivity index (χ0v) is 15.5. The van der Waals surface area contributed by atoms with E-state index in [1.165, 1.54) is 17.4 Å². The van der Waals surface area contributed by atoms with Crippen LogP contribution in [0.4, 0.5) is 5.00 Å². The van der Waals surface area contributed by atoms with E-state index in [0.717, 1.165) is 55.8 Å². The number of anilines is 1. The predicted molar refractivity (Wildman–Crippen MR) is 96.3 cm³/mol. The van der Waals surface area contributed by atoms with E-state index in [9.17, 15) is 9.59 Å². The summed E-state index contributed by atoms with van der Waals surface area (Å²) in [7, 11) is 0. The molecular weight excluding hydrogens is 308 g/mol. The number of carbonyl (C=O) groups excluding carboxylic acids is 2. The quantitative estimate of drug-likeness (QED) is 0.850. The molecule has 2 rings (SSSR count). The molecule has 1 N–H and O–H groups in total. The molecule has 4 nitrogen and oxygen atoms in total. The minimum Gasteiger partial charge on any atom is -0.339 e. The molecule has 1 aliphatic carbocycles. The van der Waals surface area contributed by atoms with Gasteiger partial charge in [-0.05, 0) is 43.6 Å². The topological polar surface area (TPSA) is 49.4 Å². The number of nitrogens with one attached hydrogen (secondary N) is 1. The van der Waals surface area contributed by atoms with Crippen molar-refractivity contribution in [1.29, 1.82) is 0 Å². The SMILES string of the molecule is CCCN(CCC)C(=O)c1c(NC(C)=O)sc2c1CC[C@H](C)C2. The molecular formula is C18H28N2O2S. The fourth-order valence-electron chi connectivity index (χ4n) is 3.24. The molecule has 0 fully saturated rings. The van der Waals surface area contributed by atoms with Gasteiger partial charge in [0, 0.05) is 24.9 Å². The third-order valence-corrected chi connectivity index (χ3v) is 5.46. The fourth-order valence-corrected chi connectivity index (χ4v) is 4.69. The number of amides is 2. The molecule has 5 heteroatoms. The van der Waals surface area contributed by atoms with Crippen LogP contribution in [-0.2, 0) is 17.6 Å². The molecule has 1 aromatic heterocycles. The lowest BCUT2D eigenvalue weighted by molar-refractivity contribution is -0.114. The number of thiophene rings is 1. The molecule has 128 valence electrons. The normalized spacial score (nSPS) is 16.8. The predicted octanol–water partition coefficient (Wildman–Crippen LogP) is 4.09. The maximum atomic E-state index is 13.1. The van der Waals surface area contributed by atoms with Crippen LogP contribution >= 0.6 is 11.3 Å². The Morgan fingerprint density at radius 3 is 2.48 bits per heavy atom. The summed E-state index contributed by atoms with van der Waals surface area (Å²) in [6.07, 6.45) is 4.97. The maximum Gasteiger partial charge on any atom is 0.257 e. The van der Waals surface area contributed by atoms with Crippen LogP contribution in [0.25, 0.3) is 0 Å². The number of carbonyl (C=O) groups is 2. The number of hydrogen-bond donors (Lipinski definition) is 1. The maximum absolute atomic E-state index is 13.1. The highest BCUT2D eigenvalue weighted by Crippen LogP contribution is 2.40. The van der Waals surface area contributed by atoms with Crippen LogP contribution in [0.15, 0.2) is 0 Å². The fraction of sp³-hybridized carbons (Fsp3) is 0.667. The average Bonchev–Trinajstić information content (AvgIpc) is 2.82. The van der Waals surface area contributed by atoms with Gasteiger partial charge in [-0.25, -0.2) is 0 Å². The van der Waals surface area contributed by atoms with Crippen LogP contribution in [-0.4, -0.2) is 29.8 Å². The molecule has 0 saturated heterocycles. The average molecular weight is 337 g/mol. The summed E-state index contributed by atoms with van der Waals surface area (Å²) in [5.41, 5.74) is 1.94. The van der Waals surface area contributed by atoms with Crippen molar-refractivity contribution < 1.29 is 9.59 Å². The van der Waals surface area contributed by atoms with Gasteiger partial charge in [-0.3, -0.25) is 9.59 Å². The van der Waals surface area contributed by atoms with Gasteiger partial charge in [-0.2, -0.15) is 0 Å². The van der Waals surface area contributed by atoms with Crippen molar-refractivity contribution >= 4 is 28.2 Å². The first-order chi connectivity index (χ1) is 11.0. The number of fused-ring (bicyclic) bond motifs is 1. The monoisotopic (exact) mass is 336 g/mol. The highest BCUT2D eigenvalue weighted by molar-refractivity contribution is 7.17. The smallest absolute Gasteiger partial charge is 0.257 e. The van der Waals surface area contributed by atoms with Crippen molar-refractivity contribution in [2.24, 2.45) is 5.92 Å². The molecule has 1 heterocycles. The first-order valence-corrected chi connectivity index (χ1v) is 9.50. The standard InChI is InChI=1S/C18H28N2O2S/c1-5-9-20(10-6-2)18(22)16-14-8-7-12(3)11-15(14)23-17(16)19-13(4)21/h12H,5-11H2,1-4H3,(H,19,21)/t12-/m0/s1. The Labute approximate surface area is 143 Å². The van der Waals surface area contributed by atoms with Gasteiger partial charge in [0.05, 0.1) is 5.56 Å². The first kappa shape index (κ1) is 18.0. The summed E-state index contributed by atoms with van der Waals surface area (Å²) in [5.74, 6) is 0.629. The lowest BCUT2D eigenvalue weighted by Gasteiger charge is -2.24. The van der Waals surface area contributed by atoms with Gasteiger partial charge in [0.15, 0.2) is 0 Å². The van der Waals surface area contributed by atoms with Crippen LogP contribution in [0.2, 0.25) is 0 Å². The number of hydrogen-bond acceptors (Lipinski definition) is 3. The second-order valence-electron chi connectivity index (χ2n) is 6.53. The van der Waals surface area contributed by atoms with Crippen LogP contribution in [0.5, 0.6) is 0 Å². The van der Waals surface area contributed by atoms with Gasteiger partial charge in [0.2, 0.25) is 5.91 Å². The van der Waals surface area contributed by atoms with Gasteiger partial charge < -0.3 is 10.2 Å². The number of nitrogens with zero attached hydrogens (tertiary/aromatic N) is 1. The van der Waals surface area contributed by atoms with Gasteiger partial charge in [0.25, 0.3) is 5.91 Å². The van der Waals surface area contributed by atoms with Gasteiger partial charge >= 0.3 is 0 Å². The first-order valence-electron chi connectivity index (χ1n) is 8.69. The van der Waals surface area contributed by atoms with Crippen molar-refractivity contribution in [3.8, 4) is 0 Å². The third kappa shape index (κ3) is 4.14. The van der Waals surface area contributed by atoms with E-state index < -0.39 is 0 Å². The Hall–Kier alpha value is -1.36. The summed E-state index contributed by atoms with van der Waals surface area (Å²) >= 11 is 1.60. The Kier molecular flexibility index (Phi) is 6.22. The molecule has 0 spiro atoms. The van der Waals surface area contributed by atoms with Crippen molar-refractivity contribution in [2.45, 2.75) is 59.8 Å². The van der Waals surface area contributed by atoms with Crippen molar-refractivity contribution in [3.05, 3.63) is 16.0 Å². The summed E-state index contributed by atoms with van der Waals surface area (Å²) in [6.45, 7) is 9.49. The molecule has 0 unspecified atom stereocenters. The Bertz CT molecular complexity index is 574. The highest BCUT2D eigenvalue weighted by Gasteiger charge is 2.30. The van der Waals surface area contributed by atoms with Crippen molar-refractivity contribution in [1.82, 2.24) is 4.90 Å². The second-order valence-corrected chi connectivity index (χ2v) is 7.63. The van der Waals surface area contributed by atoms with Crippen LogP contribution in [0, 0.1) is 5.92 Å². The minimum atomic E-state index is -0.108. The molecule has 0 saturated carbocycles. The summed E-state index contributed by atoms with van der Waals surface area (Å²) in [6, 6.07) is 0. The summed E-state index contributed by atoms with van der Waals surface area (Å²) in [5, 5.41) is 3.65. The van der Waals surface area contributed by atoms with Crippen molar-refractivity contribution in [2.75, 3.05) is 18.4 Å². The van der Waals surface area contributed by atoms with Gasteiger partial charge in [0.1, 0.15) is 5.00 Å². The molecule has 1 aliphatic rings. The van der Waals surface area contributed by atoms with E-state index in [1.54, 1.807) is 11.3 Å². The molecule has 1 aromatic rings. The minimum absolute atomic E-state index is 0.0875. The molecule has 0 radical (unpaired) electrons. The molecule has 1 atom stereocenters. The molecule has 0 aromatic carbocycles. The van der Waals surface area contributed by atoms with E-state index in [1.807, 2.05) is 4.90 Å². The Morgan fingerprint density at radius 1 is 1.26 bits per heavy atom. The zero-order valence-electron chi connectivity index (χ0n) is 14.7. The van der Waals surface area contributed by atoms with Gasteiger partial charge in [-0.15, -0.1) is 11.3 Å². The van der Waals surface area contributed by atoms with E-state index in [2.05, 4.69) is 26.1 Å². The Balaban J connectivity index is 2.41. The molecule has 0 bridgehead atoms. The molecule has 2 amide bonds. The van der Waals surface area contributed by atoms with Crippen LogP contribution in [0.3, 0.4) is 0 Å².